The average Bonchev–Trinajstić information content (AvgIpc) is 3.24. The Balaban J connectivity index is 1.50. The Morgan fingerprint density at radius 3 is 3.00 bits per heavy atom. The molecule has 0 saturated carbocycles. The molecule has 1 fully saturated rings. The number of aromatic nitrogens is 3. The van der Waals surface area contributed by atoms with Crippen LogP contribution in [0.3, 0.4) is 0 Å². The molecule has 8 heteroatoms. The molecule has 1 atom stereocenters. The molecule has 0 unspecified atom stereocenters. The van der Waals surface area contributed by atoms with E-state index in [1.54, 1.807) is 4.57 Å². The van der Waals surface area contributed by atoms with Gasteiger partial charge < -0.3 is 10.1 Å². The topological polar surface area (TPSA) is 89.0 Å². The number of hydrogen-bond acceptors (Lipinski definition) is 5. The van der Waals surface area contributed by atoms with E-state index in [0.717, 1.165) is 25.0 Å². The van der Waals surface area contributed by atoms with Crippen LogP contribution in [-0.4, -0.2) is 39.1 Å². The number of carbonyl (C=O) groups is 1. The molecule has 1 aliphatic rings. The smallest absolute Gasteiger partial charge is 0.344 e. The van der Waals surface area contributed by atoms with Crippen molar-refractivity contribution in [3.8, 4) is 0 Å². The Kier molecular flexibility index (Phi) is 5.71. The zero-order chi connectivity index (χ0) is 16.8. The minimum absolute atomic E-state index is 0.0477. The zero-order valence-corrected chi connectivity index (χ0v) is 14.1. The van der Waals surface area contributed by atoms with Gasteiger partial charge in [0, 0.05) is 13.2 Å². The number of H-pyrrole nitrogens is 1. The molecule has 128 valence electrons. The molecule has 3 rings (SSSR count). The maximum absolute atomic E-state index is 12.0. The van der Waals surface area contributed by atoms with Gasteiger partial charge in [-0.15, -0.1) is 5.10 Å². The van der Waals surface area contributed by atoms with Crippen LogP contribution in [0.1, 0.15) is 18.4 Å². The van der Waals surface area contributed by atoms with E-state index in [2.05, 4.69) is 15.5 Å². The number of nitrogens with one attached hydrogen (secondary N) is 2. The number of carbonyl (C=O) groups excluding carboxylic acids is 1. The Bertz CT molecular complexity index is 722. The first kappa shape index (κ1) is 16.8. The Hall–Kier alpha value is -2.06. The van der Waals surface area contributed by atoms with Crippen LogP contribution >= 0.6 is 11.8 Å². The molecule has 0 bridgehead atoms. The van der Waals surface area contributed by atoms with E-state index >= 15 is 0 Å². The molecular weight excluding hydrogens is 328 g/mol. The highest BCUT2D eigenvalue weighted by Crippen LogP contribution is 2.17. The van der Waals surface area contributed by atoms with Gasteiger partial charge in [-0.05, 0) is 18.4 Å². The SMILES string of the molecule is O=C(CSc1n[nH]c(=O)n1C[C@@H]1CCCO1)NCc1ccccc1. The standard InChI is InChI=1S/C16H20N4O3S/c21-14(17-9-12-5-2-1-3-6-12)11-24-16-19-18-15(22)20(16)10-13-7-4-8-23-13/h1-3,5-6,13H,4,7-11H2,(H,17,21)(H,18,22)/t13-/m0/s1. The van der Waals surface area contributed by atoms with E-state index in [9.17, 15) is 9.59 Å². The molecule has 0 spiro atoms. The van der Waals surface area contributed by atoms with E-state index in [-0.39, 0.29) is 23.5 Å². The second kappa shape index (κ2) is 8.16. The van der Waals surface area contributed by atoms with E-state index in [4.69, 9.17) is 4.74 Å². The number of nitrogens with zero attached hydrogens (tertiary/aromatic N) is 2. The second-order valence-electron chi connectivity index (χ2n) is 5.61. The lowest BCUT2D eigenvalue weighted by molar-refractivity contribution is -0.118. The minimum Gasteiger partial charge on any atom is -0.376 e. The van der Waals surface area contributed by atoms with Gasteiger partial charge in [-0.2, -0.15) is 0 Å². The fraction of sp³-hybridized carbons (Fsp3) is 0.438. The Morgan fingerprint density at radius 2 is 2.25 bits per heavy atom. The van der Waals surface area contributed by atoms with Crippen LogP contribution in [-0.2, 0) is 22.6 Å². The highest BCUT2D eigenvalue weighted by atomic mass is 32.2. The lowest BCUT2D eigenvalue weighted by Gasteiger charge is -2.11. The molecular formula is C16H20N4O3S. The number of benzene rings is 1. The maximum atomic E-state index is 12.0. The summed E-state index contributed by atoms with van der Waals surface area (Å²) in [6, 6.07) is 9.72. The predicted molar refractivity (Wildman–Crippen MR) is 90.8 cm³/mol. The second-order valence-corrected chi connectivity index (χ2v) is 6.55. The van der Waals surface area contributed by atoms with Crippen molar-refractivity contribution in [3.63, 3.8) is 0 Å². The summed E-state index contributed by atoms with van der Waals surface area (Å²) in [5.74, 6) is 0.116. The third-order valence-corrected chi connectivity index (χ3v) is 4.77. The average molecular weight is 348 g/mol. The van der Waals surface area contributed by atoms with Gasteiger partial charge in [-0.3, -0.25) is 9.36 Å². The van der Waals surface area contributed by atoms with Crippen LogP contribution in [0, 0.1) is 0 Å². The molecule has 2 N–H and O–H groups in total. The first-order valence-electron chi connectivity index (χ1n) is 7.92. The Morgan fingerprint density at radius 1 is 1.42 bits per heavy atom. The number of amides is 1. The summed E-state index contributed by atoms with van der Waals surface area (Å²) >= 11 is 1.25. The zero-order valence-electron chi connectivity index (χ0n) is 13.2. The summed E-state index contributed by atoms with van der Waals surface area (Å²) in [7, 11) is 0. The largest absolute Gasteiger partial charge is 0.376 e. The Labute approximate surface area is 143 Å². The maximum Gasteiger partial charge on any atom is 0.344 e. The molecule has 0 aliphatic carbocycles. The molecule has 1 aromatic carbocycles. The molecule has 1 amide bonds. The summed E-state index contributed by atoms with van der Waals surface area (Å²) in [5.41, 5.74) is 0.781. The van der Waals surface area contributed by atoms with Crippen LogP contribution < -0.4 is 11.0 Å². The minimum atomic E-state index is -0.266. The molecule has 1 aliphatic heterocycles. The van der Waals surface area contributed by atoms with E-state index in [1.165, 1.54) is 11.8 Å². The summed E-state index contributed by atoms with van der Waals surface area (Å²) in [6.45, 7) is 1.70. The molecule has 0 radical (unpaired) electrons. The highest BCUT2D eigenvalue weighted by molar-refractivity contribution is 7.99. The van der Waals surface area contributed by atoms with E-state index in [1.807, 2.05) is 30.3 Å². The van der Waals surface area contributed by atoms with Gasteiger partial charge >= 0.3 is 5.69 Å². The van der Waals surface area contributed by atoms with Crippen LogP contribution in [0.2, 0.25) is 0 Å². The first-order valence-corrected chi connectivity index (χ1v) is 8.91. The molecule has 7 nitrogen and oxygen atoms in total. The molecule has 2 aromatic rings. The molecule has 1 saturated heterocycles. The van der Waals surface area contributed by atoms with Gasteiger partial charge in [0.2, 0.25) is 5.91 Å². The molecule has 2 heterocycles. The fourth-order valence-corrected chi connectivity index (χ4v) is 3.33. The molecule has 24 heavy (non-hydrogen) atoms. The normalized spacial score (nSPS) is 17.1. The van der Waals surface area contributed by atoms with Crippen molar-refractivity contribution < 1.29 is 9.53 Å². The van der Waals surface area contributed by atoms with Crippen molar-refractivity contribution in [1.82, 2.24) is 20.1 Å². The monoisotopic (exact) mass is 348 g/mol. The van der Waals surface area contributed by atoms with Crippen LogP contribution in [0.5, 0.6) is 0 Å². The van der Waals surface area contributed by atoms with Gasteiger partial charge in [-0.1, -0.05) is 42.1 Å². The summed E-state index contributed by atoms with van der Waals surface area (Å²) in [4.78, 5) is 23.8. The van der Waals surface area contributed by atoms with E-state index in [0.29, 0.717) is 18.2 Å². The summed E-state index contributed by atoms with van der Waals surface area (Å²) < 4.78 is 7.11. The van der Waals surface area contributed by atoms with Crippen molar-refractivity contribution in [2.75, 3.05) is 12.4 Å². The number of ether oxygens (including phenoxy) is 1. The van der Waals surface area contributed by atoms with Gasteiger partial charge in [0.05, 0.1) is 18.4 Å². The molecule has 1 aromatic heterocycles. The van der Waals surface area contributed by atoms with Crippen LogP contribution in [0.15, 0.2) is 40.3 Å². The van der Waals surface area contributed by atoms with Crippen molar-refractivity contribution in [2.45, 2.75) is 37.2 Å². The predicted octanol–water partition coefficient (Wildman–Crippen LogP) is 1.16. The van der Waals surface area contributed by atoms with Crippen molar-refractivity contribution in [3.05, 3.63) is 46.4 Å². The number of hydrogen-bond donors (Lipinski definition) is 2. The van der Waals surface area contributed by atoms with Crippen molar-refractivity contribution in [1.29, 1.82) is 0 Å². The number of rotatable bonds is 7. The van der Waals surface area contributed by atoms with Gasteiger partial charge in [0.1, 0.15) is 0 Å². The highest BCUT2D eigenvalue weighted by Gasteiger charge is 2.20. The van der Waals surface area contributed by atoms with Crippen LogP contribution in [0.4, 0.5) is 0 Å². The van der Waals surface area contributed by atoms with Gasteiger partial charge in [0.25, 0.3) is 0 Å². The number of thioether (sulfide) groups is 1. The van der Waals surface area contributed by atoms with Gasteiger partial charge in [0.15, 0.2) is 5.16 Å². The van der Waals surface area contributed by atoms with Crippen molar-refractivity contribution in [2.24, 2.45) is 0 Å². The fourth-order valence-electron chi connectivity index (χ4n) is 2.54. The summed E-state index contributed by atoms with van der Waals surface area (Å²) in [6.07, 6.45) is 2.01. The van der Waals surface area contributed by atoms with Crippen molar-refractivity contribution >= 4 is 17.7 Å². The lowest BCUT2D eigenvalue weighted by atomic mass is 10.2. The third-order valence-electron chi connectivity index (χ3n) is 3.80. The first-order chi connectivity index (χ1) is 11.7. The van der Waals surface area contributed by atoms with Gasteiger partial charge in [-0.25, -0.2) is 9.89 Å². The quantitative estimate of drug-likeness (QED) is 0.733. The van der Waals surface area contributed by atoms with Crippen LogP contribution in [0.25, 0.3) is 0 Å². The van der Waals surface area contributed by atoms with E-state index < -0.39 is 0 Å². The number of aromatic amines is 1. The summed E-state index contributed by atoms with van der Waals surface area (Å²) in [5, 5.41) is 9.82. The third kappa shape index (κ3) is 4.48. The lowest BCUT2D eigenvalue weighted by Crippen LogP contribution is -2.26.